The van der Waals surface area contributed by atoms with E-state index in [-0.39, 0.29) is 35.5 Å². The summed E-state index contributed by atoms with van der Waals surface area (Å²) in [6.07, 6.45) is 6.91. The van der Waals surface area contributed by atoms with E-state index in [1.807, 2.05) is 31.2 Å². The number of hydrogen-bond donors (Lipinski definition) is 2. The number of guanidine groups is 1. The number of carbonyl (C=O) groups is 2. The molecule has 2 amide bonds. The first-order valence-corrected chi connectivity index (χ1v) is 11.9. The van der Waals surface area contributed by atoms with E-state index in [9.17, 15) is 9.59 Å². The largest absolute Gasteiger partial charge is 0.494 e. The topological polar surface area (TPSA) is 83.0 Å². The quantitative estimate of drug-likeness (QED) is 0.193. The van der Waals surface area contributed by atoms with Gasteiger partial charge in [-0.25, -0.2) is 4.99 Å². The molecule has 0 spiro atoms. The number of likely N-dealkylation sites (tertiary alicyclic amines) is 1. The molecule has 0 radical (unpaired) electrons. The van der Waals surface area contributed by atoms with Crippen molar-refractivity contribution in [2.75, 3.05) is 26.2 Å². The number of nitrogens with one attached hydrogen (secondary N) is 2. The van der Waals surface area contributed by atoms with Crippen LogP contribution in [0.2, 0.25) is 0 Å². The number of rotatable bonds is 10. The van der Waals surface area contributed by atoms with Gasteiger partial charge >= 0.3 is 0 Å². The summed E-state index contributed by atoms with van der Waals surface area (Å²) in [5.41, 5.74) is 1.08. The molecule has 2 fully saturated rings. The van der Waals surface area contributed by atoms with Crippen molar-refractivity contribution in [1.82, 2.24) is 15.5 Å². The Bertz CT molecular complexity index is 867. The Morgan fingerprint density at radius 2 is 1.88 bits per heavy atom. The third-order valence-corrected chi connectivity index (χ3v) is 6.55. The van der Waals surface area contributed by atoms with Crippen LogP contribution in [0.5, 0.6) is 5.75 Å². The summed E-state index contributed by atoms with van der Waals surface area (Å²) in [6.45, 7) is 7.23. The van der Waals surface area contributed by atoms with Crippen molar-refractivity contribution in [3.05, 3.63) is 42.0 Å². The second kappa shape index (κ2) is 10.2. The van der Waals surface area contributed by atoms with Gasteiger partial charge in [-0.1, -0.05) is 31.2 Å². The van der Waals surface area contributed by atoms with Crippen LogP contribution in [0.25, 0.3) is 0 Å². The molecule has 0 aromatic heterocycles. The first kappa shape index (κ1) is 22.4. The van der Waals surface area contributed by atoms with Crippen LogP contribution in [-0.2, 0) is 16.1 Å². The maximum atomic E-state index is 12.8. The zero-order valence-electron chi connectivity index (χ0n) is 19.0. The number of aliphatic imine (C=N–C) groups is 1. The first-order chi connectivity index (χ1) is 15.6. The van der Waals surface area contributed by atoms with Crippen LogP contribution >= 0.6 is 0 Å². The molecule has 1 aromatic carbocycles. The summed E-state index contributed by atoms with van der Waals surface area (Å²) in [7, 11) is 0. The number of hydrogen-bond acceptors (Lipinski definition) is 4. The van der Waals surface area contributed by atoms with Crippen LogP contribution in [0.15, 0.2) is 41.4 Å². The number of ether oxygens (including phenoxy) is 1. The van der Waals surface area contributed by atoms with Crippen molar-refractivity contribution in [3.63, 3.8) is 0 Å². The lowest BCUT2D eigenvalue weighted by molar-refractivity contribution is -0.140. The Kier molecular flexibility index (Phi) is 7.12. The molecule has 7 heteroatoms. The maximum Gasteiger partial charge on any atom is 0.233 e. The van der Waals surface area contributed by atoms with Crippen molar-refractivity contribution < 1.29 is 14.3 Å². The minimum Gasteiger partial charge on any atom is -0.494 e. The molecule has 2 bridgehead atoms. The van der Waals surface area contributed by atoms with Gasteiger partial charge in [0.05, 0.1) is 25.0 Å². The molecule has 3 aliphatic rings. The Balaban J connectivity index is 1.26. The van der Waals surface area contributed by atoms with E-state index in [0.717, 1.165) is 36.7 Å². The first-order valence-electron chi connectivity index (χ1n) is 11.9. The van der Waals surface area contributed by atoms with Gasteiger partial charge in [0.2, 0.25) is 11.8 Å². The normalized spacial score (nSPS) is 26.1. The molecule has 4 atom stereocenters. The summed E-state index contributed by atoms with van der Waals surface area (Å²) < 4.78 is 5.70. The molecular formula is C25H34N4O3. The average Bonchev–Trinajstić information content (AvgIpc) is 3.48. The highest BCUT2D eigenvalue weighted by Crippen LogP contribution is 2.52. The summed E-state index contributed by atoms with van der Waals surface area (Å²) in [4.78, 5) is 31.7. The monoisotopic (exact) mass is 438 g/mol. The maximum absolute atomic E-state index is 12.8. The number of carbonyl (C=O) groups excluding carboxylic acids is 2. The van der Waals surface area contributed by atoms with Gasteiger partial charge in [-0.3, -0.25) is 14.5 Å². The van der Waals surface area contributed by atoms with Crippen molar-refractivity contribution in [2.45, 2.75) is 39.7 Å². The highest BCUT2D eigenvalue weighted by atomic mass is 16.5. The molecule has 4 rings (SSSR count). The molecule has 1 saturated carbocycles. The van der Waals surface area contributed by atoms with Crippen molar-refractivity contribution in [2.24, 2.45) is 28.7 Å². The average molecular weight is 439 g/mol. The van der Waals surface area contributed by atoms with E-state index >= 15 is 0 Å². The van der Waals surface area contributed by atoms with Gasteiger partial charge < -0.3 is 15.4 Å². The molecule has 1 heterocycles. The Labute approximate surface area is 190 Å². The zero-order valence-corrected chi connectivity index (χ0v) is 19.0. The number of amides is 2. The number of fused-ring (bicyclic) bond motifs is 5. The van der Waals surface area contributed by atoms with Gasteiger partial charge in [-0.2, -0.15) is 0 Å². The van der Waals surface area contributed by atoms with Crippen molar-refractivity contribution >= 4 is 17.8 Å². The molecule has 2 N–H and O–H groups in total. The van der Waals surface area contributed by atoms with E-state index in [4.69, 9.17) is 4.74 Å². The second-order valence-corrected chi connectivity index (χ2v) is 8.80. The van der Waals surface area contributed by atoms with E-state index < -0.39 is 0 Å². The molecule has 1 saturated heterocycles. The van der Waals surface area contributed by atoms with Crippen LogP contribution in [0.3, 0.4) is 0 Å². The van der Waals surface area contributed by atoms with E-state index in [0.29, 0.717) is 32.7 Å². The van der Waals surface area contributed by atoms with E-state index in [1.54, 1.807) is 0 Å². The van der Waals surface area contributed by atoms with Gasteiger partial charge in [0.25, 0.3) is 0 Å². The number of nitrogens with zero attached hydrogens (tertiary/aromatic N) is 2. The fourth-order valence-corrected chi connectivity index (χ4v) is 5.09. The minimum atomic E-state index is -0.110. The van der Waals surface area contributed by atoms with E-state index in [2.05, 4.69) is 34.7 Å². The SMILES string of the molecule is CCCOc1cccc(CN=C(NCC)NCCCN2C(=O)C3C4C=CC(C4)C3C2=O)c1. The lowest BCUT2D eigenvalue weighted by atomic mass is 9.85. The lowest BCUT2D eigenvalue weighted by Gasteiger charge is -2.18. The van der Waals surface area contributed by atoms with Crippen LogP contribution in [0.4, 0.5) is 0 Å². The van der Waals surface area contributed by atoms with Gasteiger partial charge in [-0.05, 0) is 55.7 Å². The molecule has 1 aromatic rings. The van der Waals surface area contributed by atoms with Crippen LogP contribution < -0.4 is 15.4 Å². The second-order valence-electron chi connectivity index (χ2n) is 8.80. The van der Waals surface area contributed by atoms with Crippen LogP contribution in [0, 0.1) is 23.7 Å². The van der Waals surface area contributed by atoms with Crippen LogP contribution in [-0.4, -0.2) is 48.9 Å². The van der Waals surface area contributed by atoms with Gasteiger partial charge in [0.15, 0.2) is 5.96 Å². The highest BCUT2D eigenvalue weighted by molar-refractivity contribution is 6.06. The number of allylic oxidation sites excluding steroid dienone is 2. The summed E-state index contributed by atoms with van der Waals surface area (Å²) >= 11 is 0. The van der Waals surface area contributed by atoms with Gasteiger partial charge in [0, 0.05) is 19.6 Å². The molecule has 1 aliphatic heterocycles. The molecule has 4 unspecified atom stereocenters. The number of imide groups is 1. The van der Waals surface area contributed by atoms with Crippen LogP contribution in [0.1, 0.15) is 38.7 Å². The highest BCUT2D eigenvalue weighted by Gasteiger charge is 2.58. The summed E-state index contributed by atoms with van der Waals surface area (Å²) in [5, 5.41) is 6.57. The standard InChI is InChI=1S/C25H34N4O3/c1-3-13-32-20-8-5-7-17(14-20)16-28-25(26-4-2)27-11-6-12-29-23(30)21-18-9-10-19(15-18)22(21)24(29)31/h5,7-10,14,18-19,21-22H,3-4,6,11-13,15-16H2,1-2H3,(H2,26,27,28). The van der Waals surface area contributed by atoms with Crippen molar-refractivity contribution in [3.8, 4) is 5.75 Å². The lowest BCUT2D eigenvalue weighted by Crippen LogP contribution is -2.40. The van der Waals surface area contributed by atoms with Gasteiger partial charge in [0.1, 0.15) is 5.75 Å². The predicted octanol–water partition coefficient (Wildman–Crippen LogP) is 2.73. The van der Waals surface area contributed by atoms with E-state index in [1.165, 1.54) is 4.90 Å². The Hall–Kier alpha value is -2.83. The van der Waals surface area contributed by atoms with Gasteiger partial charge in [-0.15, -0.1) is 0 Å². The summed E-state index contributed by atoms with van der Waals surface area (Å²) in [6, 6.07) is 8.00. The Morgan fingerprint density at radius 1 is 1.12 bits per heavy atom. The molecule has 7 nitrogen and oxygen atoms in total. The fraction of sp³-hybridized carbons (Fsp3) is 0.560. The predicted molar refractivity (Wildman–Crippen MR) is 124 cm³/mol. The Morgan fingerprint density at radius 3 is 2.56 bits per heavy atom. The molecular weight excluding hydrogens is 404 g/mol. The third-order valence-electron chi connectivity index (χ3n) is 6.55. The molecule has 2 aliphatic carbocycles. The third kappa shape index (κ3) is 4.66. The zero-order chi connectivity index (χ0) is 22.5. The smallest absolute Gasteiger partial charge is 0.233 e. The number of benzene rings is 1. The molecule has 172 valence electrons. The molecule has 32 heavy (non-hydrogen) atoms. The van der Waals surface area contributed by atoms with Crippen molar-refractivity contribution in [1.29, 1.82) is 0 Å². The minimum absolute atomic E-state index is 0.0302. The summed E-state index contributed by atoms with van der Waals surface area (Å²) in [5.74, 6) is 1.97. The fourth-order valence-electron chi connectivity index (χ4n) is 5.09.